The van der Waals surface area contributed by atoms with E-state index in [1.54, 1.807) is 30.1 Å². The van der Waals surface area contributed by atoms with Crippen molar-refractivity contribution in [2.75, 3.05) is 11.9 Å². The maximum absolute atomic E-state index is 12.3. The van der Waals surface area contributed by atoms with E-state index in [0.717, 1.165) is 28.0 Å². The Kier molecular flexibility index (Phi) is 4.06. The van der Waals surface area contributed by atoms with E-state index in [1.165, 1.54) is 0 Å². The average molecular weight is 315 g/mol. The quantitative estimate of drug-likeness (QED) is 0.804. The SMILES string of the molecule is Cn1c(=O)c(NCCc2ccc(Cl)cc2)nc2ccncc21. The van der Waals surface area contributed by atoms with E-state index in [1.807, 2.05) is 24.3 Å². The van der Waals surface area contributed by atoms with E-state index in [9.17, 15) is 4.79 Å². The maximum Gasteiger partial charge on any atom is 0.293 e. The minimum absolute atomic E-state index is 0.156. The second-order valence-electron chi connectivity index (χ2n) is 4.99. The molecule has 0 atom stereocenters. The van der Waals surface area contributed by atoms with Crippen LogP contribution in [0, 0.1) is 0 Å². The van der Waals surface area contributed by atoms with Crippen molar-refractivity contribution in [3.63, 3.8) is 0 Å². The molecule has 0 spiro atoms. The van der Waals surface area contributed by atoms with E-state index in [2.05, 4.69) is 15.3 Å². The molecule has 1 aromatic carbocycles. The Morgan fingerprint density at radius 3 is 2.77 bits per heavy atom. The molecule has 112 valence electrons. The van der Waals surface area contributed by atoms with Gasteiger partial charge in [-0.25, -0.2) is 4.98 Å². The highest BCUT2D eigenvalue weighted by Crippen LogP contribution is 2.11. The first kappa shape index (κ1) is 14.5. The van der Waals surface area contributed by atoms with Crippen LogP contribution >= 0.6 is 11.6 Å². The van der Waals surface area contributed by atoms with Crippen molar-refractivity contribution in [3.05, 3.63) is 63.7 Å². The second-order valence-corrected chi connectivity index (χ2v) is 5.43. The Hall–Kier alpha value is -2.40. The fourth-order valence-electron chi connectivity index (χ4n) is 2.26. The molecule has 0 amide bonds. The van der Waals surface area contributed by atoms with Gasteiger partial charge in [0.1, 0.15) is 0 Å². The Balaban J connectivity index is 1.78. The Morgan fingerprint density at radius 1 is 1.23 bits per heavy atom. The van der Waals surface area contributed by atoms with Gasteiger partial charge in [0.15, 0.2) is 5.82 Å². The van der Waals surface area contributed by atoms with Crippen LogP contribution in [0.1, 0.15) is 5.56 Å². The van der Waals surface area contributed by atoms with Gasteiger partial charge >= 0.3 is 0 Å². The molecule has 0 unspecified atom stereocenters. The van der Waals surface area contributed by atoms with Crippen molar-refractivity contribution >= 4 is 28.5 Å². The topological polar surface area (TPSA) is 59.8 Å². The molecule has 2 heterocycles. The predicted molar refractivity (Wildman–Crippen MR) is 88.4 cm³/mol. The maximum atomic E-state index is 12.3. The van der Waals surface area contributed by atoms with Crippen molar-refractivity contribution in [1.82, 2.24) is 14.5 Å². The normalized spacial score (nSPS) is 10.8. The summed E-state index contributed by atoms with van der Waals surface area (Å²) in [5.41, 5.74) is 2.46. The van der Waals surface area contributed by atoms with Crippen LogP contribution in [-0.2, 0) is 13.5 Å². The zero-order chi connectivity index (χ0) is 15.5. The molecule has 0 aliphatic carbocycles. The number of aryl methyl sites for hydroxylation is 1. The third-order valence-electron chi connectivity index (χ3n) is 3.50. The average Bonchev–Trinajstić information content (AvgIpc) is 2.54. The van der Waals surface area contributed by atoms with Gasteiger partial charge in [-0.2, -0.15) is 0 Å². The predicted octanol–water partition coefficient (Wildman–Crippen LogP) is 2.64. The highest BCUT2D eigenvalue weighted by Gasteiger charge is 2.07. The van der Waals surface area contributed by atoms with E-state index >= 15 is 0 Å². The van der Waals surface area contributed by atoms with Crippen LogP contribution in [0.25, 0.3) is 11.0 Å². The van der Waals surface area contributed by atoms with E-state index in [-0.39, 0.29) is 5.56 Å². The molecule has 0 bridgehead atoms. The van der Waals surface area contributed by atoms with Gasteiger partial charge in [-0.1, -0.05) is 23.7 Å². The van der Waals surface area contributed by atoms with Crippen LogP contribution in [0.3, 0.4) is 0 Å². The molecule has 0 aliphatic heterocycles. The molecule has 0 radical (unpaired) electrons. The van der Waals surface area contributed by atoms with Gasteiger partial charge in [-0.05, 0) is 30.2 Å². The van der Waals surface area contributed by atoms with Gasteiger partial charge in [0.25, 0.3) is 5.56 Å². The fourth-order valence-corrected chi connectivity index (χ4v) is 2.39. The summed E-state index contributed by atoms with van der Waals surface area (Å²) in [6.07, 6.45) is 4.09. The van der Waals surface area contributed by atoms with Gasteiger partial charge in [-0.15, -0.1) is 0 Å². The minimum atomic E-state index is -0.156. The molecule has 22 heavy (non-hydrogen) atoms. The number of halogens is 1. The zero-order valence-electron chi connectivity index (χ0n) is 12.1. The number of hydrogen-bond acceptors (Lipinski definition) is 4. The number of nitrogens with one attached hydrogen (secondary N) is 1. The molecule has 3 rings (SSSR count). The van der Waals surface area contributed by atoms with Gasteiger partial charge in [-0.3, -0.25) is 9.78 Å². The molecule has 6 heteroatoms. The van der Waals surface area contributed by atoms with Crippen molar-refractivity contribution in [1.29, 1.82) is 0 Å². The van der Waals surface area contributed by atoms with Gasteiger partial charge in [0.05, 0.1) is 17.2 Å². The Morgan fingerprint density at radius 2 is 2.00 bits per heavy atom. The largest absolute Gasteiger partial charge is 0.365 e. The molecule has 0 saturated heterocycles. The van der Waals surface area contributed by atoms with Gasteiger partial charge < -0.3 is 9.88 Å². The summed E-state index contributed by atoms with van der Waals surface area (Å²) in [5.74, 6) is 0.357. The molecular weight excluding hydrogens is 300 g/mol. The van der Waals surface area contributed by atoms with E-state index in [4.69, 9.17) is 11.6 Å². The number of fused-ring (bicyclic) bond motifs is 1. The van der Waals surface area contributed by atoms with Crippen LogP contribution < -0.4 is 10.9 Å². The van der Waals surface area contributed by atoms with E-state index in [0.29, 0.717) is 12.4 Å². The monoisotopic (exact) mass is 314 g/mol. The van der Waals surface area contributed by atoms with Gasteiger partial charge in [0, 0.05) is 24.8 Å². The fraction of sp³-hybridized carbons (Fsp3) is 0.188. The standard InChI is InChI=1S/C16H15ClN4O/c1-21-14-10-18-8-7-13(14)20-15(16(21)22)19-9-6-11-2-4-12(17)5-3-11/h2-5,7-8,10H,6,9H2,1H3,(H,19,20). The molecule has 2 aromatic heterocycles. The number of aromatic nitrogens is 3. The van der Waals surface area contributed by atoms with Gasteiger partial charge in [0.2, 0.25) is 0 Å². The molecular formula is C16H15ClN4O. The number of pyridine rings is 1. The summed E-state index contributed by atoms with van der Waals surface area (Å²) in [4.78, 5) is 20.7. The van der Waals surface area contributed by atoms with Crippen molar-refractivity contribution in [3.8, 4) is 0 Å². The number of anilines is 1. The first-order chi connectivity index (χ1) is 10.6. The summed E-state index contributed by atoms with van der Waals surface area (Å²) in [6, 6.07) is 9.46. The lowest BCUT2D eigenvalue weighted by molar-refractivity contribution is 0.881. The third-order valence-corrected chi connectivity index (χ3v) is 3.75. The number of hydrogen-bond donors (Lipinski definition) is 1. The number of benzene rings is 1. The summed E-state index contributed by atoms with van der Waals surface area (Å²) >= 11 is 5.86. The first-order valence-corrected chi connectivity index (χ1v) is 7.32. The van der Waals surface area contributed by atoms with E-state index < -0.39 is 0 Å². The summed E-state index contributed by atoms with van der Waals surface area (Å²) in [7, 11) is 1.72. The molecule has 1 N–H and O–H groups in total. The van der Waals surface area contributed by atoms with Crippen LogP contribution in [0.4, 0.5) is 5.82 Å². The molecule has 5 nitrogen and oxygen atoms in total. The second kappa shape index (κ2) is 6.15. The first-order valence-electron chi connectivity index (χ1n) is 6.94. The Labute approximate surface area is 132 Å². The summed E-state index contributed by atoms with van der Waals surface area (Å²) in [6.45, 7) is 0.625. The molecule has 3 aromatic rings. The van der Waals surface area contributed by atoms with Crippen LogP contribution in [-0.4, -0.2) is 21.1 Å². The minimum Gasteiger partial charge on any atom is -0.365 e. The molecule has 0 aliphatic rings. The summed E-state index contributed by atoms with van der Waals surface area (Å²) < 4.78 is 1.56. The lowest BCUT2D eigenvalue weighted by Crippen LogP contribution is -2.24. The highest BCUT2D eigenvalue weighted by molar-refractivity contribution is 6.30. The lowest BCUT2D eigenvalue weighted by atomic mass is 10.1. The zero-order valence-corrected chi connectivity index (χ0v) is 12.8. The lowest BCUT2D eigenvalue weighted by Gasteiger charge is -2.09. The number of nitrogens with zero attached hydrogens (tertiary/aromatic N) is 3. The molecule has 0 saturated carbocycles. The van der Waals surface area contributed by atoms with Crippen LogP contribution in [0.15, 0.2) is 47.5 Å². The molecule has 0 fully saturated rings. The highest BCUT2D eigenvalue weighted by atomic mass is 35.5. The third kappa shape index (κ3) is 2.94. The van der Waals surface area contributed by atoms with Crippen LogP contribution in [0.2, 0.25) is 5.02 Å². The van der Waals surface area contributed by atoms with Crippen molar-refractivity contribution in [2.45, 2.75) is 6.42 Å². The van der Waals surface area contributed by atoms with Crippen molar-refractivity contribution in [2.24, 2.45) is 7.05 Å². The van der Waals surface area contributed by atoms with Crippen LogP contribution in [0.5, 0.6) is 0 Å². The Bertz CT molecular complexity index is 858. The number of rotatable bonds is 4. The smallest absolute Gasteiger partial charge is 0.293 e. The summed E-state index contributed by atoms with van der Waals surface area (Å²) in [5, 5.41) is 3.83. The van der Waals surface area contributed by atoms with Crippen molar-refractivity contribution < 1.29 is 0 Å².